The molecule has 2 fully saturated rings. The fourth-order valence-corrected chi connectivity index (χ4v) is 3.93. The van der Waals surface area contributed by atoms with Crippen molar-refractivity contribution in [3.8, 4) is 5.88 Å². The molecule has 2 heterocycles. The molecule has 1 aromatic heterocycles. The molecule has 124 valence electrons. The van der Waals surface area contributed by atoms with Crippen LogP contribution in [0.15, 0.2) is 30.6 Å². The molecule has 2 aliphatic rings. The number of hydrogen-bond donors (Lipinski definition) is 0. The Morgan fingerprint density at radius 1 is 1.17 bits per heavy atom. The minimum Gasteiger partial charge on any atom is -0.446 e. The van der Waals surface area contributed by atoms with Crippen LogP contribution < -0.4 is 4.74 Å². The van der Waals surface area contributed by atoms with Crippen molar-refractivity contribution in [3.63, 3.8) is 0 Å². The number of esters is 2. The molecular formula is C18H18N2O4. The number of carbonyl (C=O) groups excluding carboxylic acids is 2. The second-order valence-corrected chi connectivity index (χ2v) is 7.26. The van der Waals surface area contributed by atoms with E-state index in [2.05, 4.69) is 9.97 Å². The van der Waals surface area contributed by atoms with Crippen LogP contribution in [0.5, 0.6) is 5.88 Å². The second-order valence-electron chi connectivity index (χ2n) is 7.26. The van der Waals surface area contributed by atoms with Crippen LogP contribution in [-0.2, 0) is 14.3 Å². The zero-order valence-corrected chi connectivity index (χ0v) is 13.8. The van der Waals surface area contributed by atoms with Crippen LogP contribution in [0.25, 0.3) is 10.9 Å². The molecular weight excluding hydrogens is 308 g/mol. The van der Waals surface area contributed by atoms with E-state index in [9.17, 15) is 9.59 Å². The number of fused-ring (bicyclic) bond motifs is 3. The Balaban J connectivity index is 1.74. The van der Waals surface area contributed by atoms with Gasteiger partial charge in [0.15, 0.2) is 0 Å². The molecule has 1 saturated heterocycles. The summed E-state index contributed by atoms with van der Waals surface area (Å²) in [4.78, 5) is 33.5. The monoisotopic (exact) mass is 326 g/mol. The van der Waals surface area contributed by atoms with Crippen LogP contribution in [0.3, 0.4) is 0 Å². The Morgan fingerprint density at radius 2 is 1.92 bits per heavy atom. The number of ether oxygens (including phenoxy) is 2. The molecule has 0 radical (unpaired) electrons. The molecule has 0 amide bonds. The van der Waals surface area contributed by atoms with Crippen molar-refractivity contribution in [1.82, 2.24) is 9.97 Å². The van der Waals surface area contributed by atoms with E-state index in [-0.39, 0.29) is 11.8 Å². The lowest BCUT2D eigenvalue weighted by molar-refractivity contribution is -0.176. The Labute approximate surface area is 139 Å². The van der Waals surface area contributed by atoms with Crippen molar-refractivity contribution < 1.29 is 19.1 Å². The first-order valence-electron chi connectivity index (χ1n) is 7.97. The summed E-state index contributed by atoms with van der Waals surface area (Å²) in [5.74, 6) is -0.707. The molecule has 6 nitrogen and oxygen atoms in total. The van der Waals surface area contributed by atoms with Gasteiger partial charge in [0.1, 0.15) is 6.33 Å². The lowest BCUT2D eigenvalue weighted by Crippen LogP contribution is -2.50. The van der Waals surface area contributed by atoms with Gasteiger partial charge in [0, 0.05) is 5.41 Å². The van der Waals surface area contributed by atoms with Gasteiger partial charge in [0.05, 0.1) is 16.3 Å². The minimum atomic E-state index is -1.26. The fourth-order valence-electron chi connectivity index (χ4n) is 3.93. The van der Waals surface area contributed by atoms with Gasteiger partial charge in [-0.25, -0.2) is 14.8 Å². The van der Waals surface area contributed by atoms with Gasteiger partial charge in [-0.15, -0.1) is 0 Å². The molecule has 4 rings (SSSR count). The topological polar surface area (TPSA) is 78.4 Å². The van der Waals surface area contributed by atoms with Crippen molar-refractivity contribution in [2.75, 3.05) is 0 Å². The summed E-state index contributed by atoms with van der Waals surface area (Å²) >= 11 is 0. The largest absolute Gasteiger partial charge is 0.446 e. The van der Waals surface area contributed by atoms with E-state index < -0.39 is 22.4 Å². The predicted molar refractivity (Wildman–Crippen MR) is 85.1 cm³/mol. The molecule has 2 atom stereocenters. The van der Waals surface area contributed by atoms with Gasteiger partial charge < -0.3 is 9.47 Å². The first kappa shape index (κ1) is 15.1. The Hall–Kier alpha value is -2.50. The SMILES string of the molecule is CC12CCC(C(=O)Oc3ncnc4ccccc34)(OC1=O)C2(C)C. The average Bonchev–Trinajstić information content (AvgIpc) is 2.85. The minimum absolute atomic E-state index is 0.187. The molecule has 1 aliphatic carbocycles. The van der Waals surface area contributed by atoms with Crippen LogP contribution in [0, 0.1) is 10.8 Å². The normalized spacial score (nSPS) is 30.4. The van der Waals surface area contributed by atoms with Crippen LogP contribution in [0.2, 0.25) is 0 Å². The van der Waals surface area contributed by atoms with E-state index in [1.807, 2.05) is 39.0 Å². The number of hydrogen-bond acceptors (Lipinski definition) is 6. The molecule has 2 aromatic rings. The molecule has 1 aromatic carbocycles. The van der Waals surface area contributed by atoms with E-state index >= 15 is 0 Å². The molecule has 0 N–H and O–H groups in total. The third kappa shape index (κ3) is 1.60. The molecule has 2 bridgehead atoms. The van der Waals surface area contributed by atoms with Crippen molar-refractivity contribution in [2.45, 2.75) is 39.2 Å². The highest BCUT2D eigenvalue weighted by atomic mass is 16.6. The van der Waals surface area contributed by atoms with Gasteiger partial charge in [-0.3, -0.25) is 4.79 Å². The van der Waals surface area contributed by atoms with Crippen molar-refractivity contribution in [2.24, 2.45) is 10.8 Å². The summed E-state index contributed by atoms with van der Waals surface area (Å²) in [7, 11) is 0. The van der Waals surface area contributed by atoms with Gasteiger partial charge in [0.2, 0.25) is 11.5 Å². The van der Waals surface area contributed by atoms with Crippen LogP contribution in [0.1, 0.15) is 33.6 Å². The molecule has 6 heteroatoms. The maximum Gasteiger partial charge on any atom is 0.357 e. The van der Waals surface area contributed by atoms with E-state index in [0.717, 1.165) is 0 Å². The van der Waals surface area contributed by atoms with Crippen molar-refractivity contribution >= 4 is 22.8 Å². The fraction of sp³-hybridized carbons (Fsp3) is 0.444. The smallest absolute Gasteiger partial charge is 0.357 e. The lowest BCUT2D eigenvalue weighted by atomic mass is 9.66. The highest BCUT2D eigenvalue weighted by Crippen LogP contribution is 2.65. The first-order chi connectivity index (χ1) is 11.3. The summed E-state index contributed by atoms with van der Waals surface area (Å²) in [6.07, 6.45) is 2.43. The quantitative estimate of drug-likeness (QED) is 0.790. The van der Waals surface area contributed by atoms with E-state index in [1.54, 1.807) is 6.07 Å². The summed E-state index contributed by atoms with van der Waals surface area (Å²) in [5.41, 5.74) is -1.88. The summed E-state index contributed by atoms with van der Waals surface area (Å²) in [6, 6.07) is 7.29. The summed E-state index contributed by atoms with van der Waals surface area (Å²) in [6.45, 7) is 5.64. The Bertz CT molecular complexity index is 873. The molecule has 1 saturated carbocycles. The van der Waals surface area contributed by atoms with Gasteiger partial charge >= 0.3 is 11.9 Å². The van der Waals surface area contributed by atoms with Gasteiger partial charge in [-0.2, -0.15) is 0 Å². The molecule has 0 spiro atoms. The maximum absolute atomic E-state index is 13.0. The highest BCUT2D eigenvalue weighted by Gasteiger charge is 2.76. The van der Waals surface area contributed by atoms with Crippen LogP contribution >= 0.6 is 0 Å². The predicted octanol–water partition coefficient (Wildman–Crippen LogP) is 2.66. The first-order valence-corrected chi connectivity index (χ1v) is 7.97. The number of nitrogens with zero attached hydrogens (tertiary/aromatic N) is 2. The second kappa shape index (κ2) is 4.53. The third-order valence-corrected chi connectivity index (χ3v) is 6.11. The number of aromatic nitrogens is 2. The van der Waals surface area contributed by atoms with Crippen molar-refractivity contribution in [3.05, 3.63) is 30.6 Å². The average molecular weight is 326 g/mol. The number of rotatable bonds is 2. The Kier molecular flexibility index (Phi) is 2.84. The zero-order valence-electron chi connectivity index (χ0n) is 13.8. The van der Waals surface area contributed by atoms with Gasteiger partial charge in [-0.1, -0.05) is 26.0 Å². The standard InChI is InChI=1S/C18H18N2O4/c1-16(2)17(3)8-9-18(16,24-14(17)21)15(22)23-13-11-6-4-5-7-12(11)19-10-20-13/h4-7,10H,8-9H2,1-3H3. The molecule has 24 heavy (non-hydrogen) atoms. The Morgan fingerprint density at radius 3 is 2.58 bits per heavy atom. The van der Waals surface area contributed by atoms with Crippen molar-refractivity contribution in [1.29, 1.82) is 0 Å². The van der Waals surface area contributed by atoms with Crippen LogP contribution in [-0.4, -0.2) is 27.5 Å². The van der Waals surface area contributed by atoms with E-state index in [1.165, 1.54) is 6.33 Å². The van der Waals surface area contributed by atoms with Gasteiger partial charge in [0.25, 0.3) is 0 Å². The lowest BCUT2D eigenvalue weighted by Gasteiger charge is -2.34. The van der Waals surface area contributed by atoms with E-state index in [0.29, 0.717) is 23.7 Å². The highest BCUT2D eigenvalue weighted by molar-refractivity contribution is 5.95. The number of para-hydroxylation sites is 1. The summed E-state index contributed by atoms with van der Waals surface area (Å²) < 4.78 is 11.1. The number of carbonyl (C=O) groups is 2. The van der Waals surface area contributed by atoms with Crippen LogP contribution in [0.4, 0.5) is 0 Å². The molecule has 2 unspecified atom stereocenters. The number of benzene rings is 1. The zero-order chi connectivity index (χ0) is 17.2. The molecule has 1 aliphatic heterocycles. The summed E-state index contributed by atoms with van der Waals surface area (Å²) in [5, 5.41) is 0.646. The van der Waals surface area contributed by atoms with E-state index in [4.69, 9.17) is 9.47 Å². The maximum atomic E-state index is 13.0. The van der Waals surface area contributed by atoms with Gasteiger partial charge in [-0.05, 0) is 31.9 Å². The third-order valence-electron chi connectivity index (χ3n) is 6.11.